The van der Waals surface area contributed by atoms with Gasteiger partial charge in [0.25, 0.3) is 5.91 Å². The Bertz CT molecular complexity index is 491. The van der Waals surface area contributed by atoms with Gasteiger partial charge in [0, 0.05) is 12.7 Å². The quantitative estimate of drug-likeness (QED) is 0.755. The first-order valence-corrected chi connectivity index (χ1v) is 8.02. The van der Waals surface area contributed by atoms with Gasteiger partial charge >= 0.3 is 0 Å². The van der Waals surface area contributed by atoms with E-state index >= 15 is 0 Å². The maximum absolute atomic E-state index is 12.6. The number of anilines is 1. The number of aromatic nitrogens is 1. The predicted octanol–water partition coefficient (Wildman–Crippen LogP) is 3.71. The Morgan fingerprint density at radius 1 is 1.27 bits per heavy atom. The number of carbonyl (C=O) groups is 1. The van der Waals surface area contributed by atoms with Crippen molar-refractivity contribution in [2.75, 3.05) is 18.5 Å². The van der Waals surface area contributed by atoms with Gasteiger partial charge < -0.3 is 14.8 Å². The fourth-order valence-electron chi connectivity index (χ4n) is 2.24. The average molecular weight is 308 g/mol. The van der Waals surface area contributed by atoms with Crippen LogP contribution in [0.1, 0.15) is 52.7 Å². The average Bonchev–Trinajstić information content (AvgIpc) is 2.48. The number of nitrogens with zero attached hydrogens (tertiary/aromatic N) is 1. The molecular weight excluding hydrogens is 280 g/mol. The second kappa shape index (κ2) is 8.73. The lowest BCUT2D eigenvalue weighted by Crippen LogP contribution is -2.43. The summed E-state index contributed by atoms with van der Waals surface area (Å²) in [6, 6.07) is 3.58. The molecule has 0 aliphatic rings. The number of nitrogens with one attached hydrogen (secondary N) is 1. The minimum Gasteiger partial charge on any atom is -0.478 e. The molecule has 5 nitrogen and oxygen atoms in total. The Balaban J connectivity index is 2.84. The molecule has 1 heterocycles. The van der Waals surface area contributed by atoms with Crippen molar-refractivity contribution in [3.8, 4) is 5.88 Å². The Morgan fingerprint density at radius 3 is 2.55 bits per heavy atom. The fraction of sp³-hybridized carbons (Fsp3) is 0.647. The Kier molecular flexibility index (Phi) is 7.32. The van der Waals surface area contributed by atoms with E-state index in [-0.39, 0.29) is 5.91 Å². The molecule has 0 aliphatic carbocycles. The molecule has 22 heavy (non-hydrogen) atoms. The van der Waals surface area contributed by atoms with Crippen molar-refractivity contribution in [1.29, 1.82) is 0 Å². The number of carbonyl (C=O) groups excluding carboxylic acids is 1. The van der Waals surface area contributed by atoms with E-state index < -0.39 is 5.60 Å². The van der Waals surface area contributed by atoms with Gasteiger partial charge in [-0.1, -0.05) is 19.8 Å². The number of rotatable bonds is 9. The summed E-state index contributed by atoms with van der Waals surface area (Å²) in [6.45, 7) is 10.7. The molecule has 1 amide bonds. The van der Waals surface area contributed by atoms with Gasteiger partial charge in [0.05, 0.1) is 18.0 Å². The van der Waals surface area contributed by atoms with Crippen molar-refractivity contribution in [3.05, 3.63) is 17.8 Å². The lowest BCUT2D eigenvalue weighted by molar-refractivity contribution is -0.139. The van der Waals surface area contributed by atoms with Crippen LogP contribution in [-0.2, 0) is 9.53 Å². The van der Waals surface area contributed by atoms with Gasteiger partial charge in [0.2, 0.25) is 5.88 Å². The highest BCUT2D eigenvalue weighted by atomic mass is 16.5. The Hall–Kier alpha value is -1.62. The minimum atomic E-state index is -0.810. The van der Waals surface area contributed by atoms with Gasteiger partial charge in [0.1, 0.15) is 5.60 Å². The number of ether oxygens (including phenoxy) is 2. The first-order chi connectivity index (χ1) is 10.5. The van der Waals surface area contributed by atoms with E-state index in [1.54, 1.807) is 6.07 Å². The van der Waals surface area contributed by atoms with Gasteiger partial charge in [-0.3, -0.25) is 4.79 Å². The Morgan fingerprint density at radius 2 is 2.00 bits per heavy atom. The van der Waals surface area contributed by atoms with Crippen LogP contribution < -0.4 is 10.1 Å². The molecule has 124 valence electrons. The summed E-state index contributed by atoms with van der Waals surface area (Å²) in [4.78, 5) is 16.9. The second-order valence-electron chi connectivity index (χ2n) is 5.44. The van der Waals surface area contributed by atoms with E-state index in [2.05, 4.69) is 17.2 Å². The third-order valence-electron chi connectivity index (χ3n) is 3.55. The molecule has 0 saturated carbocycles. The number of amides is 1. The molecule has 1 aromatic heterocycles. The molecule has 0 aliphatic heterocycles. The second-order valence-corrected chi connectivity index (χ2v) is 5.44. The van der Waals surface area contributed by atoms with Crippen molar-refractivity contribution in [3.63, 3.8) is 0 Å². The number of unbranched alkanes of at least 4 members (excludes halogenated alkanes) is 1. The lowest BCUT2D eigenvalue weighted by atomic mass is 9.97. The normalized spacial score (nSPS) is 13.5. The lowest BCUT2D eigenvalue weighted by Gasteiger charge is -2.28. The molecule has 1 aromatic rings. The van der Waals surface area contributed by atoms with Crippen molar-refractivity contribution in [2.45, 2.75) is 59.5 Å². The standard InChI is InChI=1S/C17H28N2O3/c1-6-9-12-17(5,22-8-3)16(20)19-14-10-11-15(21-7-2)18-13(14)4/h10-11H,6-9,12H2,1-5H3,(H,19,20). The smallest absolute Gasteiger partial charge is 0.256 e. The summed E-state index contributed by atoms with van der Waals surface area (Å²) in [5.41, 5.74) is 0.611. The number of aryl methyl sites for hydroxylation is 1. The molecule has 0 radical (unpaired) electrons. The maximum Gasteiger partial charge on any atom is 0.256 e. The van der Waals surface area contributed by atoms with Crippen LogP contribution in [0.5, 0.6) is 5.88 Å². The van der Waals surface area contributed by atoms with Gasteiger partial charge in [0.15, 0.2) is 0 Å². The summed E-state index contributed by atoms with van der Waals surface area (Å²) >= 11 is 0. The van der Waals surface area contributed by atoms with Gasteiger partial charge in [-0.15, -0.1) is 0 Å². The molecule has 5 heteroatoms. The van der Waals surface area contributed by atoms with Crippen molar-refractivity contribution in [1.82, 2.24) is 4.98 Å². The molecular formula is C17H28N2O3. The first-order valence-electron chi connectivity index (χ1n) is 8.02. The predicted molar refractivity (Wildman–Crippen MR) is 88.3 cm³/mol. The van der Waals surface area contributed by atoms with E-state index in [4.69, 9.17) is 9.47 Å². The molecule has 1 atom stereocenters. The highest BCUT2D eigenvalue weighted by Crippen LogP contribution is 2.23. The molecule has 0 bridgehead atoms. The van der Waals surface area contributed by atoms with Crippen LogP contribution in [0.25, 0.3) is 0 Å². The minimum absolute atomic E-state index is 0.128. The third kappa shape index (κ3) is 4.98. The third-order valence-corrected chi connectivity index (χ3v) is 3.55. The summed E-state index contributed by atoms with van der Waals surface area (Å²) in [7, 11) is 0. The highest BCUT2D eigenvalue weighted by molar-refractivity contribution is 5.97. The van der Waals surface area contributed by atoms with Crippen LogP contribution in [0.3, 0.4) is 0 Å². The van der Waals surface area contributed by atoms with Gasteiger partial charge in [-0.2, -0.15) is 0 Å². The maximum atomic E-state index is 12.6. The summed E-state index contributed by atoms with van der Waals surface area (Å²) < 4.78 is 11.1. The number of pyridine rings is 1. The van der Waals surface area contributed by atoms with Crippen LogP contribution in [0, 0.1) is 6.92 Å². The SMILES string of the molecule is CCCCC(C)(OCC)C(=O)Nc1ccc(OCC)nc1C. The summed E-state index contributed by atoms with van der Waals surface area (Å²) in [6.07, 6.45) is 2.68. The van der Waals surface area contributed by atoms with Crippen LogP contribution in [-0.4, -0.2) is 29.7 Å². The van der Waals surface area contributed by atoms with Gasteiger partial charge in [-0.25, -0.2) is 4.98 Å². The van der Waals surface area contributed by atoms with Crippen LogP contribution in [0.15, 0.2) is 12.1 Å². The monoisotopic (exact) mass is 308 g/mol. The molecule has 1 N–H and O–H groups in total. The van der Waals surface area contributed by atoms with Crippen molar-refractivity contribution in [2.24, 2.45) is 0 Å². The number of hydrogen-bond acceptors (Lipinski definition) is 4. The molecule has 0 spiro atoms. The summed E-state index contributed by atoms with van der Waals surface area (Å²) in [5, 5.41) is 2.93. The van der Waals surface area contributed by atoms with E-state index in [0.717, 1.165) is 18.5 Å². The Labute approximate surface area is 133 Å². The van der Waals surface area contributed by atoms with Crippen LogP contribution in [0.2, 0.25) is 0 Å². The van der Waals surface area contributed by atoms with E-state index in [1.165, 1.54) is 0 Å². The zero-order valence-corrected chi connectivity index (χ0v) is 14.4. The fourth-order valence-corrected chi connectivity index (χ4v) is 2.24. The van der Waals surface area contributed by atoms with Crippen LogP contribution in [0.4, 0.5) is 5.69 Å². The van der Waals surface area contributed by atoms with E-state index in [9.17, 15) is 4.79 Å². The first kappa shape index (κ1) is 18.4. The van der Waals surface area contributed by atoms with E-state index in [1.807, 2.05) is 33.8 Å². The molecule has 1 unspecified atom stereocenters. The zero-order valence-electron chi connectivity index (χ0n) is 14.4. The highest BCUT2D eigenvalue weighted by Gasteiger charge is 2.33. The van der Waals surface area contributed by atoms with Gasteiger partial charge in [-0.05, 0) is 40.2 Å². The van der Waals surface area contributed by atoms with E-state index in [0.29, 0.717) is 31.2 Å². The summed E-state index contributed by atoms with van der Waals surface area (Å²) in [5.74, 6) is 0.438. The molecule has 0 fully saturated rings. The molecule has 1 rings (SSSR count). The molecule has 0 aromatic carbocycles. The largest absolute Gasteiger partial charge is 0.478 e. The number of hydrogen-bond donors (Lipinski definition) is 1. The van der Waals surface area contributed by atoms with Crippen molar-refractivity contribution < 1.29 is 14.3 Å². The zero-order chi connectivity index (χ0) is 16.6. The van der Waals surface area contributed by atoms with Crippen molar-refractivity contribution >= 4 is 11.6 Å². The molecule has 0 saturated heterocycles. The van der Waals surface area contributed by atoms with Crippen LogP contribution >= 0.6 is 0 Å². The topological polar surface area (TPSA) is 60.5 Å².